The van der Waals surface area contributed by atoms with Crippen LogP contribution in [0.3, 0.4) is 0 Å². The third kappa shape index (κ3) is 5.51. The van der Waals surface area contributed by atoms with E-state index in [4.69, 9.17) is 10.5 Å². The van der Waals surface area contributed by atoms with Crippen LogP contribution in [0, 0.1) is 5.92 Å². The molecule has 3 unspecified atom stereocenters. The zero-order chi connectivity index (χ0) is 15.8. The number of rotatable bonds is 8. The van der Waals surface area contributed by atoms with E-state index in [1.54, 1.807) is 0 Å². The van der Waals surface area contributed by atoms with Gasteiger partial charge in [-0.2, -0.15) is 0 Å². The van der Waals surface area contributed by atoms with Gasteiger partial charge in [-0.25, -0.2) is 0 Å². The van der Waals surface area contributed by atoms with Crippen LogP contribution in [0.25, 0.3) is 0 Å². The molecule has 0 spiro atoms. The fourth-order valence-corrected chi connectivity index (χ4v) is 2.47. The number of ether oxygens (including phenoxy) is 1. The molecule has 118 valence electrons. The fraction of sp³-hybridized carbons (Fsp3) is 0.368. The van der Waals surface area contributed by atoms with Crippen LogP contribution in [0.2, 0.25) is 0 Å². The molecule has 0 saturated carbocycles. The van der Waals surface area contributed by atoms with Gasteiger partial charge in [0.25, 0.3) is 0 Å². The average molecular weight is 299 g/mol. The average Bonchev–Trinajstić information content (AvgIpc) is 2.54. The standard InChI is InChI=1S/C19H25NO2/c1-15(14-16-8-4-2-5-9-16)12-13-18(21)19(20)22-17-10-6-3-7-11-17/h2-11,15,18-19,21H,12-14,20H2,1H3. The normalized spacial score (nSPS) is 15.0. The largest absolute Gasteiger partial charge is 0.473 e. The van der Waals surface area contributed by atoms with E-state index in [2.05, 4.69) is 31.2 Å². The van der Waals surface area contributed by atoms with Crippen molar-refractivity contribution in [2.45, 2.75) is 38.5 Å². The van der Waals surface area contributed by atoms with Crippen molar-refractivity contribution in [3.63, 3.8) is 0 Å². The van der Waals surface area contributed by atoms with Crippen LogP contribution in [0.15, 0.2) is 60.7 Å². The summed E-state index contributed by atoms with van der Waals surface area (Å²) in [4.78, 5) is 0. The number of benzene rings is 2. The Morgan fingerprint density at radius 3 is 2.18 bits per heavy atom. The zero-order valence-electron chi connectivity index (χ0n) is 13.1. The molecule has 3 heteroatoms. The van der Waals surface area contributed by atoms with Gasteiger partial charge >= 0.3 is 0 Å². The topological polar surface area (TPSA) is 55.5 Å². The molecule has 0 fully saturated rings. The number of para-hydroxylation sites is 1. The van der Waals surface area contributed by atoms with Gasteiger partial charge in [0.05, 0.1) is 0 Å². The quantitative estimate of drug-likeness (QED) is 0.735. The Balaban J connectivity index is 1.73. The second-order valence-electron chi connectivity index (χ2n) is 5.84. The summed E-state index contributed by atoms with van der Waals surface area (Å²) in [6, 6.07) is 19.8. The van der Waals surface area contributed by atoms with E-state index in [0.29, 0.717) is 18.1 Å². The van der Waals surface area contributed by atoms with Gasteiger partial charge in [0, 0.05) is 0 Å². The molecule has 0 aliphatic rings. The van der Waals surface area contributed by atoms with Crippen molar-refractivity contribution in [2.75, 3.05) is 0 Å². The molecule has 0 aliphatic heterocycles. The van der Waals surface area contributed by atoms with Gasteiger partial charge in [-0.1, -0.05) is 55.5 Å². The summed E-state index contributed by atoms with van der Waals surface area (Å²) in [6.45, 7) is 2.20. The van der Waals surface area contributed by atoms with E-state index < -0.39 is 12.3 Å². The van der Waals surface area contributed by atoms with Crippen LogP contribution in [0.1, 0.15) is 25.3 Å². The van der Waals surface area contributed by atoms with Crippen LogP contribution < -0.4 is 10.5 Å². The number of aliphatic hydroxyl groups is 1. The van der Waals surface area contributed by atoms with Gasteiger partial charge in [-0.05, 0) is 42.9 Å². The molecule has 0 bridgehead atoms. The van der Waals surface area contributed by atoms with Crippen molar-refractivity contribution in [3.05, 3.63) is 66.2 Å². The first-order chi connectivity index (χ1) is 10.6. The summed E-state index contributed by atoms with van der Waals surface area (Å²) in [5.41, 5.74) is 7.24. The van der Waals surface area contributed by atoms with Crippen molar-refractivity contribution in [3.8, 4) is 5.75 Å². The van der Waals surface area contributed by atoms with Crippen LogP contribution >= 0.6 is 0 Å². The Kier molecular flexibility index (Phi) is 6.44. The molecule has 0 radical (unpaired) electrons. The lowest BCUT2D eigenvalue weighted by Gasteiger charge is -2.21. The molecule has 0 aromatic heterocycles. The van der Waals surface area contributed by atoms with Crippen molar-refractivity contribution in [1.29, 1.82) is 0 Å². The third-order valence-electron chi connectivity index (χ3n) is 3.78. The molecule has 3 nitrogen and oxygen atoms in total. The Morgan fingerprint density at radius 2 is 1.55 bits per heavy atom. The van der Waals surface area contributed by atoms with Crippen LogP contribution in [-0.4, -0.2) is 17.4 Å². The predicted octanol–water partition coefficient (Wildman–Crippen LogP) is 3.37. The summed E-state index contributed by atoms with van der Waals surface area (Å²) < 4.78 is 5.55. The van der Waals surface area contributed by atoms with Gasteiger partial charge in [0.15, 0.2) is 6.23 Å². The zero-order valence-corrected chi connectivity index (χ0v) is 13.1. The first-order valence-corrected chi connectivity index (χ1v) is 7.84. The van der Waals surface area contributed by atoms with Gasteiger partial charge in [-0.15, -0.1) is 0 Å². The maximum Gasteiger partial charge on any atom is 0.173 e. The van der Waals surface area contributed by atoms with E-state index in [1.807, 2.05) is 36.4 Å². The molecule has 0 saturated heterocycles. The van der Waals surface area contributed by atoms with Gasteiger partial charge in [0.2, 0.25) is 0 Å². The molecule has 0 heterocycles. The number of hydrogen-bond acceptors (Lipinski definition) is 3. The highest BCUT2D eigenvalue weighted by molar-refractivity contribution is 5.21. The molecule has 0 aliphatic carbocycles. The molecule has 22 heavy (non-hydrogen) atoms. The predicted molar refractivity (Wildman–Crippen MR) is 89.6 cm³/mol. The lowest BCUT2D eigenvalue weighted by atomic mass is 9.95. The maximum absolute atomic E-state index is 10.1. The minimum absolute atomic E-state index is 0.501. The van der Waals surface area contributed by atoms with E-state index in [0.717, 1.165) is 12.8 Å². The second-order valence-corrected chi connectivity index (χ2v) is 5.84. The van der Waals surface area contributed by atoms with Gasteiger partial charge in [0.1, 0.15) is 11.9 Å². The van der Waals surface area contributed by atoms with Crippen LogP contribution in [-0.2, 0) is 6.42 Å². The van der Waals surface area contributed by atoms with Crippen molar-refractivity contribution >= 4 is 0 Å². The lowest BCUT2D eigenvalue weighted by molar-refractivity contribution is 0.0309. The minimum atomic E-state index is -0.689. The first-order valence-electron chi connectivity index (χ1n) is 7.84. The lowest BCUT2D eigenvalue weighted by Crippen LogP contribution is -2.40. The molecule has 2 aromatic carbocycles. The highest BCUT2D eigenvalue weighted by Gasteiger charge is 2.17. The van der Waals surface area contributed by atoms with Crippen molar-refractivity contribution in [1.82, 2.24) is 0 Å². The molecule has 3 atom stereocenters. The maximum atomic E-state index is 10.1. The van der Waals surface area contributed by atoms with Crippen molar-refractivity contribution in [2.24, 2.45) is 11.7 Å². The summed E-state index contributed by atoms with van der Waals surface area (Å²) >= 11 is 0. The first kappa shape index (κ1) is 16.5. The minimum Gasteiger partial charge on any atom is -0.473 e. The molecule has 3 N–H and O–H groups in total. The summed E-state index contributed by atoms with van der Waals surface area (Å²) in [5.74, 6) is 1.19. The summed E-state index contributed by atoms with van der Waals surface area (Å²) in [5, 5.41) is 10.1. The number of aliphatic hydroxyl groups excluding tert-OH is 1. The van der Waals surface area contributed by atoms with E-state index in [1.165, 1.54) is 5.56 Å². The van der Waals surface area contributed by atoms with Crippen molar-refractivity contribution < 1.29 is 9.84 Å². The van der Waals surface area contributed by atoms with E-state index >= 15 is 0 Å². The third-order valence-corrected chi connectivity index (χ3v) is 3.78. The molecule has 0 amide bonds. The SMILES string of the molecule is CC(CCC(O)C(N)Oc1ccccc1)Cc1ccccc1. The second kappa shape index (κ2) is 8.57. The van der Waals surface area contributed by atoms with Gasteiger partial charge < -0.3 is 9.84 Å². The molecule has 2 aromatic rings. The number of nitrogens with two attached hydrogens (primary N) is 1. The summed E-state index contributed by atoms with van der Waals surface area (Å²) in [6.07, 6.45) is 1.23. The highest BCUT2D eigenvalue weighted by Crippen LogP contribution is 2.17. The highest BCUT2D eigenvalue weighted by atomic mass is 16.5. The molecular weight excluding hydrogens is 274 g/mol. The molecule has 2 rings (SSSR count). The summed E-state index contributed by atoms with van der Waals surface area (Å²) in [7, 11) is 0. The Morgan fingerprint density at radius 1 is 0.955 bits per heavy atom. The Hall–Kier alpha value is -1.84. The Labute approximate surface area is 132 Å². The fourth-order valence-electron chi connectivity index (χ4n) is 2.47. The smallest absolute Gasteiger partial charge is 0.173 e. The van der Waals surface area contributed by atoms with E-state index in [-0.39, 0.29) is 0 Å². The van der Waals surface area contributed by atoms with Gasteiger partial charge in [-0.3, -0.25) is 5.73 Å². The number of hydrogen-bond donors (Lipinski definition) is 2. The molecular formula is C19H25NO2. The van der Waals surface area contributed by atoms with Crippen LogP contribution in [0.5, 0.6) is 5.75 Å². The van der Waals surface area contributed by atoms with E-state index in [9.17, 15) is 5.11 Å². The Bertz CT molecular complexity index is 530. The van der Waals surface area contributed by atoms with Crippen LogP contribution in [0.4, 0.5) is 0 Å². The monoisotopic (exact) mass is 299 g/mol.